The summed E-state index contributed by atoms with van der Waals surface area (Å²) in [5.74, 6) is -0.521. The molecule has 3 rings (SSSR count). The molecule has 33 heavy (non-hydrogen) atoms. The standard InChI is InChI=1S/C23H19ClFN3O4S/c24-21-11-6-16(14-22(21)28-33(30,31)20-9-7-17(25)8-10-20)23(29)27-18-4-3-5-19(15-18)32-13-2-1-12-26/h3-11,14-15,28H,1-2,13H2,(H,27,29). The van der Waals surface area contributed by atoms with E-state index in [4.69, 9.17) is 21.6 Å². The van der Waals surface area contributed by atoms with Crippen molar-refractivity contribution in [2.24, 2.45) is 0 Å². The molecule has 0 unspecified atom stereocenters. The van der Waals surface area contributed by atoms with Crippen molar-refractivity contribution >= 4 is 38.9 Å². The van der Waals surface area contributed by atoms with Crippen LogP contribution in [0, 0.1) is 17.1 Å². The number of hydrogen-bond donors (Lipinski definition) is 2. The molecule has 0 aromatic heterocycles. The lowest BCUT2D eigenvalue weighted by molar-refractivity contribution is 0.102. The second-order valence-electron chi connectivity index (χ2n) is 6.85. The Balaban J connectivity index is 1.73. The lowest BCUT2D eigenvalue weighted by Gasteiger charge is -2.12. The Morgan fingerprint density at radius 1 is 1.09 bits per heavy atom. The number of unbranched alkanes of at least 4 members (excludes halogenated alkanes) is 1. The molecule has 0 atom stereocenters. The fraction of sp³-hybridized carbons (Fsp3) is 0.130. The Morgan fingerprint density at radius 2 is 1.85 bits per heavy atom. The number of benzene rings is 3. The van der Waals surface area contributed by atoms with Gasteiger partial charge < -0.3 is 10.1 Å². The Bertz CT molecular complexity index is 1290. The van der Waals surface area contributed by atoms with Gasteiger partial charge in [-0.2, -0.15) is 5.26 Å². The third-order valence-electron chi connectivity index (χ3n) is 4.39. The minimum atomic E-state index is -4.04. The summed E-state index contributed by atoms with van der Waals surface area (Å²) in [7, 11) is -4.04. The molecular formula is C23H19ClFN3O4S. The summed E-state index contributed by atoms with van der Waals surface area (Å²) in [6.45, 7) is 0.375. The van der Waals surface area contributed by atoms with E-state index in [0.29, 0.717) is 30.9 Å². The summed E-state index contributed by atoms with van der Waals surface area (Å²) in [5, 5.41) is 11.4. The van der Waals surface area contributed by atoms with Crippen LogP contribution in [-0.2, 0) is 10.0 Å². The maximum absolute atomic E-state index is 13.1. The second kappa shape index (κ2) is 10.8. The van der Waals surface area contributed by atoms with Gasteiger partial charge in [-0.05, 0) is 61.0 Å². The van der Waals surface area contributed by atoms with Crippen LogP contribution in [0.4, 0.5) is 15.8 Å². The summed E-state index contributed by atoms with van der Waals surface area (Å²) < 4.78 is 46.1. The molecule has 0 saturated carbocycles. The zero-order valence-corrected chi connectivity index (χ0v) is 18.8. The SMILES string of the molecule is N#CCCCOc1cccc(NC(=O)c2ccc(Cl)c(NS(=O)(=O)c3ccc(F)cc3)c2)c1. The molecule has 0 aliphatic rings. The van der Waals surface area contributed by atoms with Gasteiger partial charge in [0.05, 0.1) is 28.3 Å². The predicted molar refractivity (Wildman–Crippen MR) is 123 cm³/mol. The highest BCUT2D eigenvalue weighted by Crippen LogP contribution is 2.27. The maximum Gasteiger partial charge on any atom is 0.261 e. The van der Waals surface area contributed by atoms with Crippen molar-refractivity contribution < 1.29 is 22.3 Å². The lowest BCUT2D eigenvalue weighted by atomic mass is 10.2. The second-order valence-corrected chi connectivity index (χ2v) is 8.94. The highest BCUT2D eigenvalue weighted by atomic mass is 35.5. The number of amides is 1. The van der Waals surface area contributed by atoms with E-state index in [2.05, 4.69) is 10.0 Å². The van der Waals surface area contributed by atoms with Crippen LogP contribution in [0.5, 0.6) is 5.75 Å². The molecule has 3 aromatic carbocycles. The molecule has 1 amide bonds. The zero-order valence-electron chi connectivity index (χ0n) is 17.2. The van der Waals surface area contributed by atoms with Crippen LogP contribution in [-0.4, -0.2) is 20.9 Å². The van der Waals surface area contributed by atoms with Gasteiger partial charge in [-0.3, -0.25) is 9.52 Å². The maximum atomic E-state index is 13.1. The van der Waals surface area contributed by atoms with E-state index in [1.54, 1.807) is 24.3 Å². The first kappa shape index (κ1) is 24.0. The van der Waals surface area contributed by atoms with Gasteiger partial charge >= 0.3 is 0 Å². The first-order valence-electron chi connectivity index (χ1n) is 9.77. The first-order chi connectivity index (χ1) is 15.8. The van der Waals surface area contributed by atoms with Crippen LogP contribution >= 0.6 is 11.6 Å². The summed E-state index contributed by atoms with van der Waals surface area (Å²) in [6, 6.07) is 17.2. The average molecular weight is 488 g/mol. The van der Waals surface area contributed by atoms with Crippen molar-refractivity contribution in [3.63, 3.8) is 0 Å². The molecule has 0 saturated heterocycles. The number of ether oxygens (including phenoxy) is 1. The van der Waals surface area contributed by atoms with Gasteiger partial charge in [-0.1, -0.05) is 17.7 Å². The Kier molecular flexibility index (Phi) is 7.87. The van der Waals surface area contributed by atoms with E-state index in [-0.39, 0.29) is 21.2 Å². The van der Waals surface area contributed by atoms with E-state index >= 15 is 0 Å². The summed E-state index contributed by atoms with van der Waals surface area (Å²) in [4.78, 5) is 12.6. The molecule has 7 nitrogen and oxygen atoms in total. The molecule has 2 N–H and O–H groups in total. The van der Waals surface area contributed by atoms with Gasteiger partial charge in [-0.15, -0.1) is 0 Å². The van der Waals surface area contributed by atoms with Gasteiger partial charge in [0.25, 0.3) is 15.9 Å². The number of carbonyl (C=O) groups is 1. The third kappa shape index (κ3) is 6.68. The van der Waals surface area contributed by atoms with Gasteiger partial charge in [0, 0.05) is 23.7 Å². The minimum Gasteiger partial charge on any atom is -0.493 e. The topological polar surface area (TPSA) is 108 Å². The Labute approximate surface area is 195 Å². The Hall–Kier alpha value is -3.61. The number of nitrogens with one attached hydrogen (secondary N) is 2. The molecule has 0 aliphatic heterocycles. The number of halogens is 2. The van der Waals surface area contributed by atoms with E-state index in [0.717, 1.165) is 24.3 Å². The van der Waals surface area contributed by atoms with Crippen LogP contribution in [0.2, 0.25) is 5.02 Å². The van der Waals surface area contributed by atoms with Crippen molar-refractivity contribution in [3.05, 3.63) is 83.1 Å². The molecule has 170 valence electrons. The molecule has 0 aliphatic carbocycles. The number of hydrogen-bond acceptors (Lipinski definition) is 5. The van der Waals surface area contributed by atoms with Crippen LogP contribution in [0.3, 0.4) is 0 Å². The van der Waals surface area contributed by atoms with Gasteiger partial charge in [0.1, 0.15) is 11.6 Å². The van der Waals surface area contributed by atoms with Crippen molar-refractivity contribution in [1.82, 2.24) is 0 Å². The fourth-order valence-corrected chi connectivity index (χ4v) is 4.06. The normalized spacial score (nSPS) is 10.8. The van der Waals surface area contributed by atoms with Crippen molar-refractivity contribution in [3.8, 4) is 11.8 Å². The lowest BCUT2D eigenvalue weighted by Crippen LogP contribution is -2.15. The summed E-state index contributed by atoms with van der Waals surface area (Å²) in [6.07, 6.45) is 0.981. The quantitative estimate of drug-likeness (QED) is 0.402. The van der Waals surface area contributed by atoms with E-state index < -0.39 is 21.7 Å². The zero-order chi connectivity index (χ0) is 23.8. The van der Waals surface area contributed by atoms with Gasteiger partial charge in [0.2, 0.25) is 0 Å². The molecule has 0 bridgehead atoms. The van der Waals surface area contributed by atoms with Crippen molar-refractivity contribution in [1.29, 1.82) is 5.26 Å². The first-order valence-corrected chi connectivity index (χ1v) is 11.6. The van der Waals surface area contributed by atoms with Crippen molar-refractivity contribution in [2.75, 3.05) is 16.6 Å². The van der Waals surface area contributed by atoms with Crippen LogP contribution < -0.4 is 14.8 Å². The monoisotopic (exact) mass is 487 g/mol. The van der Waals surface area contributed by atoms with E-state index in [1.807, 2.05) is 6.07 Å². The number of nitriles is 1. The molecule has 10 heteroatoms. The molecule has 0 spiro atoms. The van der Waals surface area contributed by atoms with E-state index in [9.17, 15) is 17.6 Å². The van der Waals surface area contributed by atoms with E-state index in [1.165, 1.54) is 18.2 Å². The Morgan fingerprint density at radius 3 is 2.58 bits per heavy atom. The molecular weight excluding hydrogens is 469 g/mol. The molecule has 3 aromatic rings. The number of anilines is 2. The highest BCUT2D eigenvalue weighted by molar-refractivity contribution is 7.92. The summed E-state index contributed by atoms with van der Waals surface area (Å²) >= 11 is 6.12. The molecule has 0 heterocycles. The average Bonchev–Trinajstić information content (AvgIpc) is 2.78. The highest BCUT2D eigenvalue weighted by Gasteiger charge is 2.17. The van der Waals surface area contributed by atoms with Crippen LogP contribution in [0.15, 0.2) is 71.6 Å². The van der Waals surface area contributed by atoms with Crippen LogP contribution in [0.25, 0.3) is 0 Å². The smallest absolute Gasteiger partial charge is 0.261 e. The third-order valence-corrected chi connectivity index (χ3v) is 6.10. The minimum absolute atomic E-state index is 0.00298. The van der Waals surface area contributed by atoms with Gasteiger partial charge in [0.15, 0.2) is 0 Å². The fourth-order valence-electron chi connectivity index (χ4n) is 2.77. The summed E-state index contributed by atoms with van der Waals surface area (Å²) in [5.41, 5.74) is 0.640. The largest absolute Gasteiger partial charge is 0.493 e. The molecule has 0 fully saturated rings. The van der Waals surface area contributed by atoms with Gasteiger partial charge in [-0.25, -0.2) is 12.8 Å². The molecule has 0 radical (unpaired) electrons. The van der Waals surface area contributed by atoms with Crippen LogP contribution in [0.1, 0.15) is 23.2 Å². The van der Waals surface area contributed by atoms with Crippen molar-refractivity contribution in [2.45, 2.75) is 17.7 Å². The number of sulfonamides is 1. The predicted octanol–water partition coefficient (Wildman–Crippen LogP) is 5.21. The number of nitrogens with zero attached hydrogens (tertiary/aromatic N) is 1. The number of rotatable bonds is 9. The number of carbonyl (C=O) groups excluding carboxylic acids is 1.